The average molecular weight is 307 g/mol. The monoisotopic (exact) mass is 306 g/mol. The second kappa shape index (κ2) is 5.68. The normalized spacial score (nSPS) is 25.2. The second-order valence-electron chi connectivity index (χ2n) is 6.01. The maximum atomic E-state index is 12.4. The molecule has 21 heavy (non-hydrogen) atoms. The summed E-state index contributed by atoms with van der Waals surface area (Å²) in [5.74, 6) is 0.194. The first-order chi connectivity index (χ1) is 10.1. The molecule has 2 aliphatic rings. The Morgan fingerprint density at radius 1 is 1.38 bits per heavy atom. The summed E-state index contributed by atoms with van der Waals surface area (Å²) in [6.07, 6.45) is 3.01. The molecule has 0 bridgehead atoms. The molecule has 1 spiro atoms. The van der Waals surface area contributed by atoms with Crippen molar-refractivity contribution in [2.75, 3.05) is 19.6 Å². The molecular formula is C16H19ClN2O2. The SMILES string of the molecule is O=C(Cc1cccc(Cl)c1)N1CC[C@@]2(CCCNC2=O)C1. The first kappa shape index (κ1) is 14.4. The lowest BCUT2D eigenvalue weighted by Gasteiger charge is -2.32. The molecule has 1 N–H and O–H groups in total. The van der Waals surface area contributed by atoms with Gasteiger partial charge in [0.05, 0.1) is 11.8 Å². The van der Waals surface area contributed by atoms with Crippen LogP contribution in [0.4, 0.5) is 0 Å². The van der Waals surface area contributed by atoms with Gasteiger partial charge in [-0.2, -0.15) is 0 Å². The van der Waals surface area contributed by atoms with Crippen LogP contribution in [0.1, 0.15) is 24.8 Å². The molecule has 5 heteroatoms. The third-order valence-corrected chi connectivity index (χ3v) is 4.79. The van der Waals surface area contributed by atoms with Crippen molar-refractivity contribution < 1.29 is 9.59 Å². The number of carbonyl (C=O) groups excluding carboxylic acids is 2. The molecule has 2 amide bonds. The van der Waals surface area contributed by atoms with Crippen molar-refractivity contribution >= 4 is 23.4 Å². The van der Waals surface area contributed by atoms with Gasteiger partial charge in [0.2, 0.25) is 11.8 Å². The molecule has 4 nitrogen and oxygen atoms in total. The predicted octanol–water partition coefficient (Wildman–Crippen LogP) is 2.01. The third kappa shape index (κ3) is 2.91. The number of halogens is 1. The Balaban J connectivity index is 1.65. The summed E-state index contributed by atoms with van der Waals surface area (Å²) in [7, 11) is 0. The Labute approximate surface area is 129 Å². The van der Waals surface area contributed by atoms with Gasteiger partial charge in [0.1, 0.15) is 0 Å². The van der Waals surface area contributed by atoms with E-state index in [9.17, 15) is 9.59 Å². The summed E-state index contributed by atoms with van der Waals surface area (Å²) < 4.78 is 0. The van der Waals surface area contributed by atoms with E-state index < -0.39 is 0 Å². The molecular weight excluding hydrogens is 288 g/mol. The number of nitrogens with one attached hydrogen (secondary N) is 1. The number of rotatable bonds is 2. The van der Waals surface area contributed by atoms with Gasteiger partial charge in [-0.25, -0.2) is 0 Å². The maximum Gasteiger partial charge on any atom is 0.228 e. The van der Waals surface area contributed by atoms with E-state index in [1.54, 1.807) is 6.07 Å². The highest BCUT2D eigenvalue weighted by Crippen LogP contribution is 2.37. The van der Waals surface area contributed by atoms with E-state index in [4.69, 9.17) is 11.6 Å². The lowest BCUT2D eigenvalue weighted by atomic mass is 9.79. The number of hydrogen-bond donors (Lipinski definition) is 1. The first-order valence-corrected chi connectivity index (χ1v) is 7.77. The quantitative estimate of drug-likeness (QED) is 0.908. The number of hydrogen-bond acceptors (Lipinski definition) is 2. The summed E-state index contributed by atoms with van der Waals surface area (Å²) in [6.45, 7) is 1.99. The number of benzene rings is 1. The summed E-state index contributed by atoms with van der Waals surface area (Å²) in [4.78, 5) is 26.4. The molecule has 112 valence electrons. The van der Waals surface area contributed by atoms with Crippen LogP contribution in [0.3, 0.4) is 0 Å². The fourth-order valence-corrected chi connectivity index (χ4v) is 3.55. The van der Waals surface area contributed by atoms with Crippen LogP contribution in [0.25, 0.3) is 0 Å². The summed E-state index contributed by atoms with van der Waals surface area (Å²) in [6, 6.07) is 7.37. The zero-order valence-corrected chi connectivity index (χ0v) is 12.7. The van der Waals surface area contributed by atoms with Gasteiger partial charge in [-0.05, 0) is 37.0 Å². The highest BCUT2D eigenvalue weighted by molar-refractivity contribution is 6.30. The lowest BCUT2D eigenvalue weighted by Crippen LogP contribution is -2.48. The van der Waals surface area contributed by atoms with E-state index in [1.165, 1.54) is 0 Å². The van der Waals surface area contributed by atoms with Crippen molar-refractivity contribution in [3.05, 3.63) is 34.9 Å². The van der Waals surface area contributed by atoms with Crippen molar-refractivity contribution in [3.63, 3.8) is 0 Å². The number of carbonyl (C=O) groups is 2. The molecule has 1 aromatic rings. The van der Waals surface area contributed by atoms with Gasteiger partial charge in [-0.15, -0.1) is 0 Å². The van der Waals surface area contributed by atoms with E-state index in [-0.39, 0.29) is 17.2 Å². The molecule has 0 saturated carbocycles. The van der Waals surface area contributed by atoms with Crippen molar-refractivity contribution in [1.82, 2.24) is 10.2 Å². The molecule has 0 radical (unpaired) electrons. The van der Waals surface area contributed by atoms with Crippen LogP contribution in [0.5, 0.6) is 0 Å². The Hall–Kier alpha value is -1.55. The van der Waals surface area contributed by atoms with Crippen LogP contribution in [-0.2, 0) is 16.0 Å². The second-order valence-corrected chi connectivity index (χ2v) is 6.45. The van der Waals surface area contributed by atoms with Crippen molar-refractivity contribution in [3.8, 4) is 0 Å². The van der Waals surface area contributed by atoms with Gasteiger partial charge in [-0.1, -0.05) is 23.7 Å². The fraction of sp³-hybridized carbons (Fsp3) is 0.500. The molecule has 2 saturated heterocycles. The highest BCUT2D eigenvalue weighted by Gasteiger charge is 2.46. The number of nitrogens with zero attached hydrogens (tertiary/aromatic N) is 1. The van der Waals surface area contributed by atoms with Crippen LogP contribution in [0, 0.1) is 5.41 Å². The van der Waals surface area contributed by atoms with Crippen LogP contribution < -0.4 is 5.32 Å². The van der Waals surface area contributed by atoms with Crippen molar-refractivity contribution in [2.24, 2.45) is 5.41 Å². The molecule has 0 aromatic heterocycles. The Kier molecular flexibility index (Phi) is 3.89. The minimum Gasteiger partial charge on any atom is -0.356 e. The largest absolute Gasteiger partial charge is 0.356 e. The predicted molar refractivity (Wildman–Crippen MR) is 81.0 cm³/mol. The smallest absolute Gasteiger partial charge is 0.228 e. The van der Waals surface area contributed by atoms with Crippen molar-refractivity contribution in [2.45, 2.75) is 25.7 Å². The highest BCUT2D eigenvalue weighted by atomic mass is 35.5. The van der Waals surface area contributed by atoms with Gasteiger partial charge < -0.3 is 10.2 Å². The fourth-order valence-electron chi connectivity index (χ4n) is 3.34. The summed E-state index contributed by atoms with van der Waals surface area (Å²) >= 11 is 5.95. The lowest BCUT2D eigenvalue weighted by molar-refractivity contribution is -0.134. The van der Waals surface area contributed by atoms with Crippen LogP contribution in [-0.4, -0.2) is 36.3 Å². The Morgan fingerprint density at radius 2 is 2.24 bits per heavy atom. The number of likely N-dealkylation sites (tertiary alicyclic amines) is 1. The van der Waals surface area contributed by atoms with E-state index in [2.05, 4.69) is 5.32 Å². The van der Waals surface area contributed by atoms with E-state index in [0.29, 0.717) is 24.5 Å². The topological polar surface area (TPSA) is 49.4 Å². The maximum absolute atomic E-state index is 12.4. The Bertz CT molecular complexity index is 575. The number of piperidine rings is 1. The van der Waals surface area contributed by atoms with Gasteiger partial charge >= 0.3 is 0 Å². The molecule has 3 rings (SSSR count). The molecule has 2 heterocycles. The molecule has 1 atom stereocenters. The first-order valence-electron chi connectivity index (χ1n) is 7.40. The zero-order valence-electron chi connectivity index (χ0n) is 11.9. The standard InChI is InChI=1S/C16H19ClN2O2/c17-13-4-1-3-12(9-13)10-14(20)19-8-6-16(11-19)5-2-7-18-15(16)21/h1,3-4,9H,2,5-8,10-11H2,(H,18,21)/t16-/m0/s1. The van der Waals surface area contributed by atoms with Crippen LogP contribution in [0.15, 0.2) is 24.3 Å². The van der Waals surface area contributed by atoms with Gasteiger partial charge in [0.15, 0.2) is 0 Å². The number of amides is 2. The van der Waals surface area contributed by atoms with E-state index in [0.717, 1.165) is 31.4 Å². The zero-order chi connectivity index (χ0) is 14.9. The van der Waals surface area contributed by atoms with Crippen LogP contribution in [0.2, 0.25) is 5.02 Å². The molecule has 2 fully saturated rings. The molecule has 2 aliphatic heterocycles. The third-order valence-electron chi connectivity index (χ3n) is 4.55. The molecule has 1 aromatic carbocycles. The van der Waals surface area contributed by atoms with Crippen LogP contribution >= 0.6 is 11.6 Å². The van der Waals surface area contributed by atoms with Gasteiger partial charge in [0.25, 0.3) is 0 Å². The minimum absolute atomic E-state index is 0.0764. The van der Waals surface area contributed by atoms with Gasteiger partial charge in [-0.3, -0.25) is 9.59 Å². The Morgan fingerprint density at radius 3 is 3.00 bits per heavy atom. The van der Waals surface area contributed by atoms with E-state index in [1.807, 2.05) is 23.1 Å². The van der Waals surface area contributed by atoms with E-state index >= 15 is 0 Å². The molecule has 0 aliphatic carbocycles. The van der Waals surface area contributed by atoms with Gasteiger partial charge in [0, 0.05) is 24.7 Å². The summed E-state index contributed by atoms with van der Waals surface area (Å²) in [5.41, 5.74) is 0.573. The minimum atomic E-state index is -0.345. The summed E-state index contributed by atoms with van der Waals surface area (Å²) in [5, 5.41) is 3.58. The average Bonchev–Trinajstić information content (AvgIpc) is 2.88. The van der Waals surface area contributed by atoms with Crippen molar-refractivity contribution in [1.29, 1.82) is 0 Å². The molecule has 0 unspecified atom stereocenters.